The van der Waals surface area contributed by atoms with E-state index in [2.05, 4.69) is 26.0 Å². The van der Waals surface area contributed by atoms with Crippen LogP contribution in [0.5, 0.6) is 5.75 Å². The maximum Gasteiger partial charge on any atom is 0.255 e. The monoisotopic (exact) mass is 313 g/mol. The minimum atomic E-state index is -0.605. The Morgan fingerprint density at radius 2 is 2.28 bits per heavy atom. The first kappa shape index (κ1) is 13.0. The second kappa shape index (κ2) is 5.48. The highest BCUT2D eigenvalue weighted by atomic mass is 79.9. The lowest BCUT2D eigenvalue weighted by Crippen LogP contribution is -2.04. The van der Waals surface area contributed by atoms with Crippen molar-refractivity contribution in [1.82, 2.24) is 14.8 Å². The highest BCUT2D eigenvalue weighted by Gasteiger charge is 2.13. The lowest BCUT2D eigenvalue weighted by molar-refractivity contribution is 0.275. The molecule has 0 atom stereocenters. The first-order chi connectivity index (χ1) is 8.63. The molecule has 0 aliphatic heterocycles. The molecule has 0 amide bonds. The minimum Gasteiger partial charge on any atom is -0.482 e. The summed E-state index contributed by atoms with van der Waals surface area (Å²) in [7, 11) is 1.84. The number of halogens is 2. The van der Waals surface area contributed by atoms with E-state index in [9.17, 15) is 4.39 Å². The third-order valence-corrected chi connectivity index (χ3v) is 3.51. The van der Waals surface area contributed by atoms with Gasteiger partial charge in [-0.2, -0.15) is 9.49 Å². The van der Waals surface area contributed by atoms with Gasteiger partial charge < -0.3 is 4.74 Å². The summed E-state index contributed by atoms with van der Waals surface area (Å²) in [6.45, 7) is 2.27. The smallest absolute Gasteiger partial charge is 0.255 e. The van der Waals surface area contributed by atoms with Crippen molar-refractivity contribution < 1.29 is 9.13 Å². The summed E-state index contributed by atoms with van der Waals surface area (Å²) in [6, 6.07) is 3.18. The van der Waals surface area contributed by atoms with E-state index in [1.54, 1.807) is 16.8 Å². The Morgan fingerprint density at radius 3 is 2.89 bits per heavy atom. The van der Waals surface area contributed by atoms with Gasteiger partial charge in [-0.25, -0.2) is 4.98 Å². The van der Waals surface area contributed by atoms with Crippen LogP contribution < -0.4 is 4.74 Å². The van der Waals surface area contributed by atoms with Crippen LogP contribution in [-0.4, -0.2) is 14.8 Å². The third-order valence-electron chi connectivity index (χ3n) is 2.59. The lowest BCUT2D eigenvalue weighted by atomic mass is 10.3. The molecular weight excluding hydrogens is 301 g/mol. The molecule has 0 aliphatic rings. The van der Waals surface area contributed by atoms with Gasteiger partial charge in [0, 0.05) is 13.2 Å². The highest BCUT2D eigenvalue weighted by Crippen LogP contribution is 2.23. The zero-order chi connectivity index (χ0) is 13.1. The van der Waals surface area contributed by atoms with Crippen molar-refractivity contribution in [3.63, 3.8) is 0 Å². The molecule has 2 heterocycles. The van der Waals surface area contributed by atoms with Gasteiger partial charge in [-0.05, 0) is 34.5 Å². The van der Waals surface area contributed by atoms with E-state index in [4.69, 9.17) is 4.74 Å². The van der Waals surface area contributed by atoms with Crippen LogP contribution in [0.3, 0.4) is 0 Å². The molecule has 0 saturated heterocycles. The van der Waals surface area contributed by atoms with Gasteiger partial charge in [-0.1, -0.05) is 6.92 Å². The van der Waals surface area contributed by atoms with E-state index < -0.39 is 5.95 Å². The summed E-state index contributed by atoms with van der Waals surface area (Å²) in [4.78, 5) is 3.53. The predicted molar refractivity (Wildman–Crippen MR) is 68.8 cm³/mol. The van der Waals surface area contributed by atoms with E-state index in [0.717, 1.165) is 22.3 Å². The fraction of sp³-hybridized carbons (Fsp3) is 0.333. The van der Waals surface area contributed by atoms with Crippen molar-refractivity contribution >= 4 is 15.9 Å². The zero-order valence-corrected chi connectivity index (χ0v) is 11.7. The number of hydrogen-bond donors (Lipinski definition) is 0. The van der Waals surface area contributed by atoms with E-state index in [0.29, 0.717) is 0 Å². The van der Waals surface area contributed by atoms with Crippen LogP contribution in [0.1, 0.15) is 18.3 Å². The topological polar surface area (TPSA) is 39.9 Å². The molecule has 0 radical (unpaired) electrons. The van der Waals surface area contributed by atoms with Crippen molar-refractivity contribution in [2.24, 2.45) is 7.05 Å². The van der Waals surface area contributed by atoms with Crippen LogP contribution in [0.4, 0.5) is 4.39 Å². The Morgan fingerprint density at radius 1 is 1.50 bits per heavy atom. The Bertz CT molecular complexity index is 556. The van der Waals surface area contributed by atoms with Gasteiger partial charge in [0.1, 0.15) is 6.61 Å². The van der Waals surface area contributed by atoms with E-state index >= 15 is 0 Å². The minimum absolute atomic E-state index is 0.142. The summed E-state index contributed by atoms with van der Waals surface area (Å²) < 4.78 is 21.4. The standard InChI is InChI=1S/C12H13BrFN3O/c1-3-8-11(13)9(17(2)16-8)7-18-10-5-4-6-15-12(10)14/h4-6H,3,7H2,1-2H3. The van der Waals surface area contributed by atoms with Gasteiger partial charge in [-0.3, -0.25) is 4.68 Å². The average Bonchev–Trinajstić information content (AvgIpc) is 2.64. The number of aromatic nitrogens is 3. The van der Waals surface area contributed by atoms with E-state index in [1.807, 2.05) is 14.0 Å². The van der Waals surface area contributed by atoms with Crippen molar-refractivity contribution in [2.75, 3.05) is 0 Å². The number of ether oxygens (including phenoxy) is 1. The quantitative estimate of drug-likeness (QED) is 0.815. The Balaban J connectivity index is 2.16. The fourth-order valence-electron chi connectivity index (χ4n) is 1.60. The molecule has 2 rings (SSSR count). The van der Waals surface area contributed by atoms with Crippen LogP contribution in [0.2, 0.25) is 0 Å². The number of nitrogens with zero attached hydrogens (tertiary/aromatic N) is 3. The number of aryl methyl sites for hydroxylation is 2. The summed E-state index contributed by atoms with van der Waals surface area (Å²) in [5.41, 5.74) is 1.83. The maximum atomic E-state index is 13.3. The molecule has 0 N–H and O–H groups in total. The second-order valence-electron chi connectivity index (χ2n) is 3.77. The highest BCUT2D eigenvalue weighted by molar-refractivity contribution is 9.10. The van der Waals surface area contributed by atoms with Crippen LogP contribution in [0.25, 0.3) is 0 Å². The SMILES string of the molecule is CCc1nn(C)c(COc2cccnc2F)c1Br. The lowest BCUT2D eigenvalue weighted by Gasteiger charge is -2.07. The summed E-state index contributed by atoms with van der Waals surface area (Å²) in [6.07, 6.45) is 2.22. The van der Waals surface area contributed by atoms with Crippen LogP contribution in [0, 0.1) is 5.95 Å². The molecule has 2 aromatic heterocycles. The molecule has 6 heteroatoms. The normalized spacial score (nSPS) is 10.7. The van der Waals surface area contributed by atoms with Gasteiger partial charge in [-0.15, -0.1) is 0 Å². The maximum absolute atomic E-state index is 13.3. The van der Waals surface area contributed by atoms with Gasteiger partial charge in [0.25, 0.3) is 5.95 Å². The first-order valence-corrected chi connectivity index (χ1v) is 6.36. The van der Waals surface area contributed by atoms with Crippen molar-refractivity contribution in [2.45, 2.75) is 20.0 Å². The van der Waals surface area contributed by atoms with Crippen molar-refractivity contribution in [3.8, 4) is 5.75 Å². The molecule has 2 aromatic rings. The molecule has 0 saturated carbocycles. The molecule has 0 aliphatic carbocycles. The Labute approximate surface area is 113 Å². The van der Waals surface area contributed by atoms with Crippen LogP contribution >= 0.6 is 15.9 Å². The van der Waals surface area contributed by atoms with Gasteiger partial charge in [0.05, 0.1) is 15.9 Å². The van der Waals surface area contributed by atoms with E-state index in [1.165, 1.54) is 6.20 Å². The molecule has 0 unspecified atom stereocenters. The number of hydrogen-bond acceptors (Lipinski definition) is 3. The van der Waals surface area contributed by atoms with Crippen molar-refractivity contribution in [1.29, 1.82) is 0 Å². The van der Waals surface area contributed by atoms with Crippen LogP contribution in [0.15, 0.2) is 22.8 Å². The molecule has 18 heavy (non-hydrogen) atoms. The number of pyridine rings is 1. The average molecular weight is 314 g/mol. The number of rotatable bonds is 4. The third kappa shape index (κ3) is 2.53. The summed E-state index contributed by atoms with van der Waals surface area (Å²) in [5.74, 6) is -0.463. The van der Waals surface area contributed by atoms with Gasteiger partial charge in [0.15, 0.2) is 5.75 Å². The molecular formula is C12H13BrFN3O. The molecule has 0 aromatic carbocycles. The summed E-state index contributed by atoms with van der Waals surface area (Å²) in [5, 5.41) is 4.34. The Kier molecular flexibility index (Phi) is 3.96. The first-order valence-electron chi connectivity index (χ1n) is 5.57. The zero-order valence-electron chi connectivity index (χ0n) is 10.2. The fourth-order valence-corrected chi connectivity index (χ4v) is 2.33. The van der Waals surface area contributed by atoms with Crippen molar-refractivity contribution in [3.05, 3.63) is 40.1 Å². The predicted octanol–water partition coefficient (Wildman–Crippen LogP) is 2.86. The van der Waals surface area contributed by atoms with E-state index in [-0.39, 0.29) is 12.4 Å². The van der Waals surface area contributed by atoms with Gasteiger partial charge in [0.2, 0.25) is 0 Å². The molecule has 4 nitrogen and oxygen atoms in total. The largest absolute Gasteiger partial charge is 0.482 e. The molecule has 0 spiro atoms. The van der Waals surface area contributed by atoms with Gasteiger partial charge >= 0.3 is 0 Å². The molecule has 0 bridgehead atoms. The van der Waals surface area contributed by atoms with Crippen LogP contribution in [-0.2, 0) is 20.1 Å². The molecule has 96 valence electrons. The Hall–Kier alpha value is -1.43. The molecule has 0 fully saturated rings. The summed E-state index contributed by atoms with van der Waals surface area (Å²) >= 11 is 3.48. The second-order valence-corrected chi connectivity index (χ2v) is 4.56.